The van der Waals surface area contributed by atoms with Crippen molar-refractivity contribution in [2.24, 2.45) is 0 Å². The molecule has 26 heavy (non-hydrogen) atoms. The molecule has 0 bridgehead atoms. The Hall–Kier alpha value is -2.07. The number of rotatable bonds is 3. The van der Waals surface area contributed by atoms with Crippen LogP contribution >= 0.6 is 0 Å². The van der Waals surface area contributed by atoms with Crippen LogP contribution < -0.4 is 24.5 Å². The first-order chi connectivity index (χ1) is 11.0. The molecule has 0 atom stereocenters. The summed E-state index contributed by atoms with van der Waals surface area (Å²) in [5.74, 6) is 8.32. The molecule has 0 amide bonds. The van der Waals surface area contributed by atoms with Gasteiger partial charge in [0.1, 0.15) is 11.4 Å². The third kappa shape index (κ3) is 14.3. The molecule has 2 rings (SSSR count). The topological polar surface area (TPSA) is 83.8 Å². The van der Waals surface area contributed by atoms with Crippen molar-refractivity contribution >= 4 is 19.1 Å². The van der Waals surface area contributed by atoms with E-state index in [4.69, 9.17) is 20.9 Å². The summed E-state index contributed by atoms with van der Waals surface area (Å²) < 4.78 is 9.72. The van der Waals surface area contributed by atoms with Gasteiger partial charge < -0.3 is 25.3 Å². The fourth-order valence-electron chi connectivity index (χ4n) is 1.25. The molecule has 2 aromatic heterocycles. The van der Waals surface area contributed by atoms with Gasteiger partial charge in [-0.15, -0.1) is 0 Å². The van der Waals surface area contributed by atoms with Crippen molar-refractivity contribution in [3.8, 4) is 17.8 Å². The SMILES string of the molecule is C.C.CC(C)c1ccco1.O=Cc1ccc(B(O)O)o1.[C-]#CC#CC.[HH].[HH].[HH].[Li+]. The first-order valence-corrected chi connectivity index (χ1v) is 6.74. The molecule has 0 aliphatic heterocycles. The zero-order valence-electron chi connectivity index (χ0n) is 14.2. The molecule has 0 saturated carbocycles. The summed E-state index contributed by atoms with van der Waals surface area (Å²) in [6.07, 6.45) is 8.37. The van der Waals surface area contributed by atoms with E-state index in [1.165, 1.54) is 12.1 Å². The Morgan fingerprint density at radius 3 is 2.08 bits per heavy atom. The summed E-state index contributed by atoms with van der Waals surface area (Å²) in [4.78, 5) is 9.99. The second-order valence-electron chi connectivity index (χ2n) is 4.40. The first-order valence-electron chi connectivity index (χ1n) is 6.74. The van der Waals surface area contributed by atoms with E-state index in [-0.39, 0.29) is 49.4 Å². The van der Waals surface area contributed by atoms with Crippen LogP contribution in [-0.4, -0.2) is 23.5 Å². The van der Waals surface area contributed by atoms with Crippen molar-refractivity contribution in [1.82, 2.24) is 0 Å². The molecular formula is C19H32BLiO5. The third-order valence-corrected chi connectivity index (χ3v) is 2.32. The molecule has 0 saturated heterocycles. The monoisotopic (exact) mass is 358 g/mol. The van der Waals surface area contributed by atoms with Crippen LogP contribution in [-0.2, 0) is 0 Å². The molecule has 5 nitrogen and oxygen atoms in total. The fraction of sp³-hybridized carbons (Fsp3) is 0.316. The molecule has 0 spiro atoms. The van der Waals surface area contributed by atoms with Gasteiger partial charge in [-0.1, -0.05) is 28.7 Å². The molecule has 0 aliphatic rings. The van der Waals surface area contributed by atoms with E-state index in [0.717, 1.165) is 5.76 Å². The number of aldehydes is 1. The summed E-state index contributed by atoms with van der Waals surface area (Å²) in [7, 11) is -1.64. The standard InChI is InChI=1S/C7H10O.C5H5BO4.C5H3.2CH4.Li.3H2/c1-6(2)7-4-3-5-8-7;7-3-4-1-2-5(10-4)6(8)9;1-3-5-4-2;;;;;;/h3-6H,1-2H3;1-3,8-9H;1H3;2*1H4;;3*1H/q;;-1;;;+1;;;. The number of furan rings is 2. The second kappa shape index (κ2) is 19.3. The van der Waals surface area contributed by atoms with E-state index in [0.29, 0.717) is 12.2 Å². The Labute approximate surface area is 174 Å². The van der Waals surface area contributed by atoms with E-state index in [1.54, 1.807) is 13.2 Å². The molecule has 2 aromatic rings. The summed E-state index contributed by atoms with van der Waals surface area (Å²) in [5, 5.41) is 17.0. The van der Waals surface area contributed by atoms with Crippen LogP contribution in [0.2, 0.25) is 0 Å². The van der Waals surface area contributed by atoms with Crippen molar-refractivity contribution in [2.45, 2.75) is 41.5 Å². The Kier molecular flexibility index (Phi) is 23.5. The number of hydrogen-bond acceptors (Lipinski definition) is 5. The predicted octanol–water partition coefficient (Wildman–Crippen LogP) is 0.789. The number of carbonyl (C=O) groups is 1. The van der Waals surface area contributed by atoms with Gasteiger partial charge in [0, 0.05) is 10.2 Å². The first kappa shape index (κ1) is 31.7. The van der Waals surface area contributed by atoms with E-state index < -0.39 is 7.12 Å². The van der Waals surface area contributed by atoms with Gasteiger partial charge in [-0.05, 0) is 31.2 Å². The summed E-state index contributed by atoms with van der Waals surface area (Å²) in [5.41, 5.74) is -0.0258. The van der Waals surface area contributed by atoms with Gasteiger partial charge in [0.15, 0.2) is 12.0 Å². The smallest absolute Gasteiger partial charge is 0.469 e. The van der Waals surface area contributed by atoms with Crippen LogP contribution in [0.5, 0.6) is 0 Å². The number of hydrogen-bond donors (Lipinski definition) is 2. The summed E-state index contributed by atoms with van der Waals surface area (Å²) in [6.45, 7) is 5.89. The molecule has 142 valence electrons. The van der Waals surface area contributed by atoms with Gasteiger partial charge in [0.25, 0.3) is 0 Å². The van der Waals surface area contributed by atoms with E-state index in [9.17, 15) is 4.79 Å². The van der Waals surface area contributed by atoms with Gasteiger partial charge >= 0.3 is 26.0 Å². The maximum absolute atomic E-state index is 9.99. The van der Waals surface area contributed by atoms with Crippen molar-refractivity contribution in [3.63, 3.8) is 0 Å². The molecule has 0 aromatic carbocycles. The molecule has 0 radical (unpaired) electrons. The fourth-order valence-corrected chi connectivity index (χ4v) is 1.25. The van der Waals surface area contributed by atoms with Crippen LogP contribution in [0, 0.1) is 24.2 Å². The van der Waals surface area contributed by atoms with E-state index in [2.05, 4.69) is 30.1 Å². The van der Waals surface area contributed by atoms with Crippen LogP contribution in [0.4, 0.5) is 0 Å². The van der Waals surface area contributed by atoms with Crippen LogP contribution in [0.3, 0.4) is 0 Å². The molecule has 7 heteroatoms. The van der Waals surface area contributed by atoms with Gasteiger partial charge in [0.2, 0.25) is 0 Å². The minimum absolute atomic E-state index is 0. The third-order valence-electron chi connectivity index (χ3n) is 2.32. The van der Waals surface area contributed by atoms with Crippen molar-refractivity contribution in [1.29, 1.82) is 0 Å². The zero-order valence-corrected chi connectivity index (χ0v) is 14.2. The Bertz CT molecular complexity index is 672. The maximum atomic E-state index is 9.99. The largest absolute Gasteiger partial charge is 1.00 e. The molecule has 2 heterocycles. The Balaban J connectivity index is -0.0000000473. The Morgan fingerprint density at radius 2 is 1.88 bits per heavy atom. The maximum Gasteiger partial charge on any atom is 1.00 e. The molecule has 0 aliphatic carbocycles. The van der Waals surface area contributed by atoms with Crippen LogP contribution in [0.1, 0.15) is 62.1 Å². The molecular weight excluding hydrogens is 326 g/mol. The van der Waals surface area contributed by atoms with Gasteiger partial charge in [-0.2, -0.15) is 0 Å². The second-order valence-corrected chi connectivity index (χ2v) is 4.40. The van der Waals surface area contributed by atoms with Crippen LogP contribution in [0.15, 0.2) is 39.4 Å². The quantitative estimate of drug-likeness (QED) is 0.367. The molecule has 0 fully saturated rings. The van der Waals surface area contributed by atoms with E-state index >= 15 is 0 Å². The van der Waals surface area contributed by atoms with Crippen molar-refractivity contribution in [3.05, 3.63) is 48.5 Å². The zero-order chi connectivity index (χ0) is 17.7. The van der Waals surface area contributed by atoms with Crippen molar-refractivity contribution in [2.75, 3.05) is 0 Å². The average molecular weight is 358 g/mol. The van der Waals surface area contributed by atoms with Gasteiger partial charge in [0.05, 0.1) is 6.26 Å². The summed E-state index contributed by atoms with van der Waals surface area (Å²) in [6, 6.07) is 6.59. The predicted molar refractivity (Wildman–Crippen MR) is 107 cm³/mol. The molecule has 0 unspecified atom stereocenters. The average Bonchev–Trinajstić information content (AvgIpc) is 3.21. The van der Waals surface area contributed by atoms with E-state index in [1.807, 2.05) is 18.1 Å². The molecule has 2 N–H and O–H groups in total. The normalized spacial score (nSPS) is 7.42. The minimum atomic E-state index is -1.64. The van der Waals surface area contributed by atoms with Crippen molar-refractivity contribution < 1.29 is 46.8 Å². The Morgan fingerprint density at radius 1 is 1.27 bits per heavy atom. The summed E-state index contributed by atoms with van der Waals surface area (Å²) >= 11 is 0. The van der Waals surface area contributed by atoms with Crippen LogP contribution in [0.25, 0.3) is 0 Å². The number of carbonyl (C=O) groups excluding carboxylic acids is 1. The van der Waals surface area contributed by atoms with Gasteiger partial charge in [-0.3, -0.25) is 16.6 Å². The minimum Gasteiger partial charge on any atom is -0.469 e. The van der Waals surface area contributed by atoms with Gasteiger partial charge in [-0.25, -0.2) is 5.92 Å².